The Bertz CT molecular complexity index is 368. The monoisotopic (exact) mass is 178 g/mol. The van der Waals surface area contributed by atoms with Gasteiger partial charge >= 0.3 is 0 Å². The summed E-state index contributed by atoms with van der Waals surface area (Å²) in [6.07, 6.45) is 3.65. The maximum atomic E-state index is 11.3. The fourth-order valence-electron chi connectivity index (χ4n) is 1.08. The molecule has 1 aliphatic heterocycles. The van der Waals surface area contributed by atoms with Crippen LogP contribution in [-0.2, 0) is 9.59 Å². The van der Waals surface area contributed by atoms with E-state index in [1.165, 1.54) is 12.4 Å². The minimum atomic E-state index is -0.219. The minimum absolute atomic E-state index is 0.0642. The third-order valence-corrected chi connectivity index (χ3v) is 1.66. The molecule has 13 heavy (non-hydrogen) atoms. The number of H-pyrrole nitrogens is 1. The van der Waals surface area contributed by atoms with Crippen molar-refractivity contribution in [3.63, 3.8) is 0 Å². The van der Waals surface area contributed by atoms with E-state index in [1.807, 2.05) is 0 Å². The molecular weight excluding hydrogens is 172 g/mol. The Kier molecular flexibility index (Phi) is 1.66. The largest absolute Gasteiger partial charge is 0.296 e. The molecule has 0 spiro atoms. The Balaban J connectivity index is 2.30. The summed E-state index contributed by atoms with van der Waals surface area (Å²) in [5, 5.41) is 11.2. The van der Waals surface area contributed by atoms with Crippen LogP contribution in [0.3, 0.4) is 0 Å². The Hall–Kier alpha value is -1.98. The number of aldehydes is 1. The Morgan fingerprint density at radius 3 is 3.00 bits per heavy atom. The number of aromatic nitrogens is 2. The maximum Gasteiger partial charge on any atom is 0.253 e. The highest BCUT2D eigenvalue weighted by Crippen LogP contribution is 2.17. The number of rotatable bonds is 2. The van der Waals surface area contributed by atoms with E-state index in [2.05, 4.69) is 15.3 Å². The van der Waals surface area contributed by atoms with Crippen LogP contribution < -0.4 is 5.01 Å². The molecular formula is C7H6N4O2. The average molecular weight is 178 g/mol. The Labute approximate surface area is 73.2 Å². The average Bonchev–Trinajstić information content (AvgIpc) is 2.72. The van der Waals surface area contributed by atoms with Gasteiger partial charge in [0.05, 0.1) is 12.6 Å². The zero-order valence-electron chi connectivity index (χ0n) is 6.60. The number of nitrogens with zero attached hydrogens (tertiary/aromatic N) is 3. The highest BCUT2D eigenvalue weighted by atomic mass is 16.2. The molecule has 66 valence electrons. The number of aromatic amines is 1. The van der Waals surface area contributed by atoms with Gasteiger partial charge in [0.1, 0.15) is 11.4 Å². The van der Waals surface area contributed by atoms with Crippen molar-refractivity contribution in [2.24, 2.45) is 5.10 Å². The van der Waals surface area contributed by atoms with Gasteiger partial charge in [-0.25, -0.2) is 0 Å². The summed E-state index contributed by atoms with van der Waals surface area (Å²) in [5.41, 5.74) is 0.785. The lowest BCUT2D eigenvalue weighted by atomic mass is 10.3. The van der Waals surface area contributed by atoms with Crippen molar-refractivity contribution in [3.8, 4) is 0 Å². The van der Waals surface area contributed by atoms with Gasteiger partial charge in [-0.05, 0) is 0 Å². The molecule has 2 heterocycles. The quantitative estimate of drug-likeness (QED) is 0.631. The number of nitrogens with one attached hydrogen (secondary N) is 1. The molecule has 0 aromatic carbocycles. The van der Waals surface area contributed by atoms with Crippen LogP contribution in [0.4, 0.5) is 5.69 Å². The van der Waals surface area contributed by atoms with Gasteiger partial charge in [-0.1, -0.05) is 0 Å². The van der Waals surface area contributed by atoms with Crippen LogP contribution in [-0.4, -0.2) is 28.1 Å². The van der Waals surface area contributed by atoms with Crippen molar-refractivity contribution in [2.75, 3.05) is 5.01 Å². The number of amides is 1. The van der Waals surface area contributed by atoms with E-state index in [1.54, 1.807) is 0 Å². The summed E-state index contributed by atoms with van der Waals surface area (Å²) < 4.78 is 0. The van der Waals surface area contributed by atoms with Crippen molar-refractivity contribution in [1.82, 2.24) is 10.2 Å². The molecule has 0 atom stereocenters. The summed E-state index contributed by atoms with van der Waals surface area (Å²) >= 11 is 0. The highest BCUT2D eigenvalue weighted by Gasteiger charge is 2.25. The first-order valence-electron chi connectivity index (χ1n) is 3.65. The summed E-state index contributed by atoms with van der Waals surface area (Å²) in [6, 6.07) is 0. The van der Waals surface area contributed by atoms with Crippen LogP contribution in [0.2, 0.25) is 0 Å². The molecule has 0 fully saturated rings. The summed E-state index contributed by atoms with van der Waals surface area (Å²) in [7, 11) is 0. The summed E-state index contributed by atoms with van der Waals surface area (Å²) in [5.74, 6) is -0.219. The zero-order chi connectivity index (χ0) is 9.26. The van der Waals surface area contributed by atoms with Gasteiger partial charge in [0.2, 0.25) is 0 Å². The number of carbonyl (C=O) groups excluding carboxylic acids is 2. The Morgan fingerprint density at radius 2 is 2.46 bits per heavy atom. The van der Waals surface area contributed by atoms with E-state index < -0.39 is 0 Å². The fraction of sp³-hybridized carbons (Fsp3) is 0.143. The molecule has 1 aliphatic rings. The van der Waals surface area contributed by atoms with Gasteiger partial charge in [0.15, 0.2) is 6.29 Å². The lowest BCUT2D eigenvalue weighted by Gasteiger charge is -2.06. The molecule has 1 amide bonds. The summed E-state index contributed by atoms with van der Waals surface area (Å²) in [4.78, 5) is 21.6. The van der Waals surface area contributed by atoms with Gasteiger partial charge in [0.25, 0.3) is 5.91 Å². The molecule has 0 saturated heterocycles. The first-order valence-corrected chi connectivity index (χ1v) is 3.65. The highest BCUT2D eigenvalue weighted by molar-refractivity contribution is 6.36. The third kappa shape index (κ3) is 1.22. The van der Waals surface area contributed by atoms with Crippen molar-refractivity contribution < 1.29 is 9.59 Å². The lowest BCUT2D eigenvalue weighted by Crippen LogP contribution is -2.18. The number of anilines is 1. The van der Waals surface area contributed by atoms with Crippen LogP contribution in [0.5, 0.6) is 0 Å². The first kappa shape index (κ1) is 7.66. The third-order valence-electron chi connectivity index (χ3n) is 1.66. The van der Waals surface area contributed by atoms with E-state index in [0.717, 1.165) is 5.01 Å². The van der Waals surface area contributed by atoms with Crippen LogP contribution in [0.1, 0.15) is 6.42 Å². The van der Waals surface area contributed by atoms with Crippen LogP contribution >= 0.6 is 0 Å². The second-order valence-corrected chi connectivity index (χ2v) is 2.55. The molecule has 0 aliphatic carbocycles. The number of hydrogen-bond donors (Lipinski definition) is 1. The van der Waals surface area contributed by atoms with E-state index in [4.69, 9.17) is 0 Å². The standard InChI is InChI=1S/C7H6N4O2/c12-4-5-1-7(13)11(10-5)6-2-8-9-3-6/h2-4H,1H2,(H,8,9). The zero-order valence-corrected chi connectivity index (χ0v) is 6.60. The first-order chi connectivity index (χ1) is 6.31. The number of hydrazone groups is 1. The number of carbonyl (C=O) groups is 2. The maximum absolute atomic E-state index is 11.3. The normalized spacial score (nSPS) is 16.2. The van der Waals surface area contributed by atoms with Gasteiger partial charge < -0.3 is 0 Å². The van der Waals surface area contributed by atoms with E-state index >= 15 is 0 Å². The smallest absolute Gasteiger partial charge is 0.253 e. The molecule has 6 nitrogen and oxygen atoms in total. The van der Waals surface area contributed by atoms with Gasteiger partial charge in [-0.15, -0.1) is 0 Å². The van der Waals surface area contributed by atoms with Crippen LogP contribution in [0.25, 0.3) is 0 Å². The van der Waals surface area contributed by atoms with Crippen molar-refractivity contribution in [2.45, 2.75) is 6.42 Å². The second kappa shape index (κ2) is 2.81. The molecule has 0 unspecified atom stereocenters. The minimum Gasteiger partial charge on any atom is -0.296 e. The van der Waals surface area contributed by atoms with E-state index in [9.17, 15) is 9.59 Å². The SMILES string of the molecule is O=CC1=NN(c2cn[nH]c2)C(=O)C1. The number of hydrogen-bond acceptors (Lipinski definition) is 4. The predicted octanol–water partition coefficient (Wildman–Crippen LogP) is -0.299. The molecule has 0 radical (unpaired) electrons. The van der Waals surface area contributed by atoms with Gasteiger partial charge in [-0.3, -0.25) is 14.7 Å². The Morgan fingerprint density at radius 1 is 1.62 bits per heavy atom. The van der Waals surface area contributed by atoms with Gasteiger partial charge in [-0.2, -0.15) is 15.2 Å². The van der Waals surface area contributed by atoms with Crippen molar-refractivity contribution in [3.05, 3.63) is 12.4 Å². The lowest BCUT2D eigenvalue weighted by molar-refractivity contribution is -0.117. The fourth-order valence-corrected chi connectivity index (χ4v) is 1.08. The van der Waals surface area contributed by atoms with Crippen LogP contribution in [0.15, 0.2) is 17.5 Å². The summed E-state index contributed by atoms with van der Waals surface area (Å²) in [6.45, 7) is 0. The van der Waals surface area contributed by atoms with Crippen molar-refractivity contribution in [1.29, 1.82) is 0 Å². The van der Waals surface area contributed by atoms with E-state index in [-0.39, 0.29) is 18.0 Å². The predicted molar refractivity (Wildman–Crippen MR) is 44.2 cm³/mol. The van der Waals surface area contributed by atoms with Crippen molar-refractivity contribution >= 4 is 23.6 Å². The topological polar surface area (TPSA) is 78.4 Å². The molecule has 2 rings (SSSR count). The van der Waals surface area contributed by atoms with Crippen LogP contribution in [0, 0.1) is 0 Å². The molecule has 1 N–H and O–H groups in total. The molecule has 1 aromatic rings. The second-order valence-electron chi connectivity index (χ2n) is 2.55. The molecule has 1 aromatic heterocycles. The molecule has 0 bridgehead atoms. The molecule has 6 heteroatoms. The van der Waals surface area contributed by atoms with E-state index in [0.29, 0.717) is 12.0 Å². The van der Waals surface area contributed by atoms with Gasteiger partial charge in [0, 0.05) is 6.20 Å². The molecule has 0 saturated carbocycles.